The number of fused-ring (bicyclic) bond motifs is 16. The summed E-state index contributed by atoms with van der Waals surface area (Å²) in [6.07, 6.45) is 6.11. The van der Waals surface area contributed by atoms with Crippen molar-refractivity contribution in [3.8, 4) is 5.75 Å². The van der Waals surface area contributed by atoms with E-state index in [-0.39, 0.29) is 127 Å². The second-order valence-electron chi connectivity index (χ2n) is 32.2. The Hall–Kier alpha value is -9.49. The molecule has 5 N–H and O–H groups in total. The van der Waals surface area contributed by atoms with Crippen LogP contribution < -0.4 is 31.3 Å². The predicted molar refractivity (Wildman–Crippen MR) is 418 cm³/mol. The number of nitrogens with zero attached hydrogens (tertiary/aromatic N) is 5. The third-order valence-electron chi connectivity index (χ3n) is 22.5. The number of unbranched alkanes of at least 4 members (excludes halogenated alkanes) is 2. The van der Waals surface area contributed by atoms with Crippen LogP contribution in [0.1, 0.15) is 176 Å². The number of Topliss-reactive ketones (excluding diaryl/α,β-unsaturated/α-hetero) is 4. The number of amides is 8. The molecule has 7 heterocycles. The molecule has 24 nitrogen and oxygen atoms in total. The van der Waals surface area contributed by atoms with E-state index >= 15 is 28.4 Å². The van der Waals surface area contributed by atoms with E-state index in [1.807, 2.05) is 35.0 Å². The Morgan fingerprint density at radius 1 is 0.658 bits per heavy atom. The Balaban J connectivity index is 0.0000142. The molecule has 0 aliphatic carbocycles. The first kappa shape index (κ1) is 85.5. The zero-order valence-electron chi connectivity index (χ0n) is 66.1. The summed E-state index contributed by atoms with van der Waals surface area (Å²) in [5.41, 5.74) is 3.52. The van der Waals surface area contributed by atoms with Gasteiger partial charge in [0.15, 0.2) is 11.6 Å². The molecule has 6 aliphatic rings. The number of aromatic nitrogens is 1. The molecule has 2 saturated heterocycles. The molecule has 2 fully saturated rings. The van der Waals surface area contributed by atoms with Crippen molar-refractivity contribution >= 4 is 81.3 Å². The highest BCUT2D eigenvalue weighted by Crippen LogP contribution is 2.35. The molecular formula is C86H115FN10O14. The molecule has 12 bridgehead atoms. The van der Waals surface area contributed by atoms with Crippen LogP contribution in [0.3, 0.4) is 0 Å². The van der Waals surface area contributed by atoms with Gasteiger partial charge in [-0.25, -0.2) is 4.39 Å². The Bertz CT molecular complexity index is 4150. The lowest BCUT2D eigenvalue weighted by Gasteiger charge is -2.37. The van der Waals surface area contributed by atoms with Crippen LogP contribution in [0.15, 0.2) is 97.2 Å². The molecule has 600 valence electrons. The number of carbonyl (C=O) groups excluding carboxylic acids is 12. The van der Waals surface area contributed by atoms with Gasteiger partial charge in [-0.15, -0.1) is 0 Å². The zero-order chi connectivity index (χ0) is 78.8. The Morgan fingerprint density at radius 3 is 2.14 bits per heavy atom. The molecule has 0 unspecified atom stereocenters. The molecule has 111 heavy (non-hydrogen) atoms. The normalized spacial score (nSPS) is 24.9. The summed E-state index contributed by atoms with van der Waals surface area (Å²) in [7, 11) is 7.81. The smallest absolute Gasteiger partial charge is 0.246 e. The van der Waals surface area contributed by atoms with Crippen LogP contribution in [0.25, 0.3) is 10.9 Å². The van der Waals surface area contributed by atoms with E-state index < -0.39 is 120 Å². The van der Waals surface area contributed by atoms with Crippen molar-refractivity contribution in [1.82, 2.24) is 45.9 Å². The Labute approximate surface area is 652 Å². The van der Waals surface area contributed by atoms with Gasteiger partial charge in [-0.05, 0) is 161 Å². The van der Waals surface area contributed by atoms with Crippen LogP contribution in [-0.4, -0.2) is 197 Å². The maximum atomic E-state index is 16.2. The second kappa shape index (κ2) is 39.6. The van der Waals surface area contributed by atoms with E-state index in [1.165, 1.54) is 31.1 Å². The first-order valence-corrected chi connectivity index (χ1v) is 39.6. The maximum absolute atomic E-state index is 16.2. The summed E-state index contributed by atoms with van der Waals surface area (Å²) < 4.78 is 30.3. The van der Waals surface area contributed by atoms with Crippen LogP contribution in [0, 0.1) is 25.1 Å². The van der Waals surface area contributed by atoms with E-state index in [0.717, 1.165) is 41.4 Å². The summed E-state index contributed by atoms with van der Waals surface area (Å²) in [5.74, 6) is -8.81. The van der Waals surface area contributed by atoms with Crippen molar-refractivity contribution in [3.05, 3.63) is 144 Å². The molecule has 25 heteroatoms. The van der Waals surface area contributed by atoms with Gasteiger partial charge in [-0.2, -0.15) is 0 Å². The lowest BCUT2D eigenvalue weighted by Crippen LogP contribution is -2.60. The van der Waals surface area contributed by atoms with Gasteiger partial charge in [0.1, 0.15) is 53.9 Å². The molecule has 0 saturated carbocycles. The Morgan fingerprint density at radius 2 is 1.39 bits per heavy atom. The number of ether oxygens (including phenoxy) is 2. The topological polar surface area (TPSA) is 298 Å². The van der Waals surface area contributed by atoms with Crippen molar-refractivity contribution in [2.75, 3.05) is 61.0 Å². The summed E-state index contributed by atoms with van der Waals surface area (Å²) >= 11 is 0. The van der Waals surface area contributed by atoms with Gasteiger partial charge < -0.3 is 67.2 Å². The maximum Gasteiger partial charge on any atom is 0.246 e. The van der Waals surface area contributed by atoms with E-state index in [9.17, 15) is 33.6 Å². The minimum absolute atomic E-state index is 0. The monoisotopic (exact) mass is 1530 g/mol. The third kappa shape index (κ3) is 23.6. The van der Waals surface area contributed by atoms with E-state index in [4.69, 9.17) is 9.47 Å². The van der Waals surface area contributed by atoms with Crippen molar-refractivity contribution in [1.29, 1.82) is 0 Å². The number of nitrogens with one attached hydrogen (secondary N) is 5. The minimum atomic E-state index is -1.54. The lowest BCUT2D eigenvalue weighted by atomic mass is 9.88. The molecule has 8 amide bonds. The fourth-order valence-corrected chi connectivity index (χ4v) is 16.0. The number of ketones is 4. The highest BCUT2D eigenvalue weighted by molar-refractivity contribution is 6.00. The van der Waals surface area contributed by atoms with E-state index in [2.05, 4.69) is 47.7 Å². The van der Waals surface area contributed by atoms with Gasteiger partial charge in [0.05, 0.1) is 52.5 Å². The molecule has 0 radical (unpaired) electrons. The summed E-state index contributed by atoms with van der Waals surface area (Å²) in [6, 6.07) is 19.1. The molecule has 9 atom stereocenters. The van der Waals surface area contributed by atoms with Crippen LogP contribution in [-0.2, 0) is 108 Å². The van der Waals surface area contributed by atoms with Crippen LogP contribution in [0.5, 0.6) is 5.75 Å². The average molecular weight is 1530 g/mol. The molecule has 11 rings (SSSR count). The predicted octanol–water partition coefficient (Wildman–Crippen LogP) is 8.30. The van der Waals surface area contributed by atoms with Gasteiger partial charge in [0, 0.05) is 120 Å². The second-order valence-corrected chi connectivity index (χ2v) is 32.2. The highest BCUT2D eigenvalue weighted by Gasteiger charge is 2.49. The number of hydrogen-bond acceptors (Lipinski definition) is 14. The number of methoxy groups -OCH3 is 1. The van der Waals surface area contributed by atoms with Gasteiger partial charge in [0.25, 0.3) is 0 Å². The summed E-state index contributed by atoms with van der Waals surface area (Å²) in [5, 5.41) is 14.8. The number of halogens is 1. The quantitative estimate of drug-likeness (QED) is 0.0446. The van der Waals surface area contributed by atoms with Gasteiger partial charge in [-0.3, -0.25) is 57.5 Å². The number of aryl methyl sites for hydroxylation is 2. The number of benzene rings is 4. The van der Waals surface area contributed by atoms with Crippen molar-refractivity contribution in [2.45, 2.75) is 230 Å². The standard InChI is InChI=1S/C85H111FN10O14.CH3/c1-55-44-66(98)31-36-77(102)93-40-13-9-8-12-39-92-53-63(68-50-64(86)29-35-72(68)92)48-62-49-73(99)70(90-81(105)69(89-79(55)103)34-30-65(97)21-11-10-14-43-96(4,5)6)47-60-19-15-20-61(45-60)51-87-76(101)54-110-74-37-42-94(83(62)107)78(74)82(106)88-56(2)80(104)91-71(46-58-27-32-67(109-7)33-28-58)84(108)95-41-17-38-85(95,3)75(100)22-16-18-57-23-25-59(52-93)26-24-57;/h15,19-20,23-29,32-33,35,45,50,53,55-56,62,69-71,74,78H,8-14,16-18,21-22,30-31,34,36-44,46-49,51-52,54H2,1-7H3,(H4-,87,88,89,90,91,101,103,104,105,106);1H3/q;-1/p+1/t55-,56+,62-,69-,70+,71+,74+,78+,85+;/m1./s1. The number of quaternary nitrogens is 1. The van der Waals surface area contributed by atoms with Gasteiger partial charge in [0.2, 0.25) is 47.3 Å². The largest absolute Gasteiger partial charge is 0.497 e. The zero-order valence-corrected chi connectivity index (χ0v) is 66.1. The first-order chi connectivity index (χ1) is 52.6. The van der Waals surface area contributed by atoms with Crippen molar-refractivity contribution in [3.63, 3.8) is 0 Å². The van der Waals surface area contributed by atoms with Gasteiger partial charge in [-0.1, -0.05) is 80.4 Å². The molecule has 6 aliphatic heterocycles. The first-order valence-electron chi connectivity index (χ1n) is 39.6. The SMILES string of the molecule is COc1ccc(C[C@@H]2NC(=O)[C@H](C)NC(=O)[C@@H]3[C@@H]4CCN3C(=O)[C@H]3CC(=O)[C@H](Cc5cccc(c5)CNC(=O)CO4)NC(=O)[C@@H](CCC(=O)CCCCC[N+](C)(C)C)NC(=O)[C@H](C)CC(=O)CCC(=O)N(CCCCCCn4cc(c5cc(F)ccc54)C3)Cc3ccc(cc3)CCCC(=O)[C@]3(C)CCCN3C2=O)cc1.[CH3-]. The summed E-state index contributed by atoms with van der Waals surface area (Å²) in [6.45, 7) is 6.23. The van der Waals surface area contributed by atoms with Crippen LogP contribution in [0.2, 0.25) is 0 Å². The van der Waals surface area contributed by atoms with Crippen LogP contribution in [0.4, 0.5) is 4.39 Å². The Kier molecular flexibility index (Phi) is 30.5. The van der Waals surface area contributed by atoms with Crippen molar-refractivity contribution < 1.29 is 75.9 Å². The lowest BCUT2D eigenvalue weighted by molar-refractivity contribution is -0.870. The molecule has 0 spiro atoms. The third-order valence-corrected chi connectivity index (χ3v) is 22.5. The highest BCUT2D eigenvalue weighted by atomic mass is 19.1. The van der Waals surface area contributed by atoms with E-state index in [1.54, 1.807) is 78.2 Å². The summed E-state index contributed by atoms with van der Waals surface area (Å²) in [4.78, 5) is 183. The molecule has 5 aromatic rings. The number of carbonyl (C=O) groups is 12. The number of rotatable bonds is 12. The van der Waals surface area contributed by atoms with E-state index in [0.29, 0.717) is 103 Å². The average Bonchev–Trinajstić information content (AvgIpc) is 1.67. The number of hydrogen-bond donors (Lipinski definition) is 5. The van der Waals surface area contributed by atoms with Crippen LogP contribution >= 0.6 is 0 Å². The van der Waals surface area contributed by atoms with Gasteiger partial charge >= 0.3 is 0 Å². The molecule has 1 aromatic heterocycles. The molecular weight excluding hydrogens is 1420 g/mol. The fourth-order valence-electron chi connectivity index (χ4n) is 16.0. The minimum Gasteiger partial charge on any atom is -0.497 e. The van der Waals surface area contributed by atoms with Crippen molar-refractivity contribution in [2.24, 2.45) is 11.8 Å². The molecule has 4 aromatic carbocycles. The fraction of sp³-hybridized carbons (Fsp3) is 0.547.